The van der Waals surface area contributed by atoms with Gasteiger partial charge in [-0.3, -0.25) is 19.2 Å². The molecule has 4 N–H and O–H groups in total. The quantitative estimate of drug-likeness (QED) is 0.217. The molecule has 0 aliphatic rings. The van der Waals surface area contributed by atoms with Gasteiger partial charge < -0.3 is 21.3 Å². The SMILES string of the molecule is O=C(NCCCCc1ccccc1)C(=O)Nc1ccccc1NC(=O)C(=O)NCCCCc1ccccc1. The molecule has 3 rings (SSSR count). The van der Waals surface area contributed by atoms with Crippen LogP contribution in [0.15, 0.2) is 84.9 Å². The number of rotatable bonds is 12. The molecule has 4 amide bonds. The Bertz CT molecular complexity index is 1100. The van der Waals surface area contributed by atoms with Crippen LogP contribution in [0.4, 0.5) is 11.4 Å². The number of anilines is 2. The summed E-state index contributed by atoms with van der Waals surface area (Å²) in [5.41, 5.74) is 2.90. The first-order valence-electron chi connectivity index (χ1n) is 12.9. The van der Waals surface area contributed by atoms with Crippen LogP contribution in [0.5, 0.6) is 0 Å². The fraction of sp³-hybridized carbons (Fsp3) is 0.267. The lowest BCUT2D eigenvalue weighted by atomic mass is 10.1. The van der Waals surface area contributed by atoms with E-state index in [0.717, 1.165) is 38.5 Å². The van der Waals surface area contributed by atoms with Crippen molar-refractivity contribution < 1.29 is 19.2 Å². The van der Waals surface area contributed by atoms with Crippen LogP contribution >= 0.6 is 0 Å². The Hall–Kier alpha value is -4.46. The monoisotopic (exact) mass is 514 g/mol. The highest BCUT2D eigenvalue weighted by atomic mass is 16.2. The Balaban J connectivity index is 1.37. The van der Waals surface area contributed by atoms with E-state index in [4.69, 9.17) is 0 Å². The van der Waals surface area contributed by atoms with E-state index in [2.05, 4.69) is 45.5 Å². The molecule has 8 nitrogen and oxygen atoms in total. The zero-order valence-corrected chi connectivity index (χ0v) is 21.4. The van der Waals surface area contributed by atoms with Crippen molar-refractivity contribution in [3.63, 3.8) is 0 Å². The molecule has 38 heavy (non-hydrogen) atoms. The topological polar surface area (TPSA) is 116 Å². The maximum atomic E-state index is 12.4. The summed E-state index contributed by atoms with van der Waals surface area (Å²) in [7, 11) is 0. The first-order valence-corrected chi connectivity index (χ1v) is 12.9. The summed E-state index contributed by atoms with van der Waals surface area (Å²) >= 11 is 0. The number of carbonyl (C=O) groups excluding carboxylic acids is 4. The molecule has 0 atom stereocenters. The molecule has 8 heteroatoms. The fourth-order valence-electron chi connectivity index (χ4n) is 3.82. The van der Waals surface area contributed by atoms with Gasteiger partial charge in [0.1, 0.15) is 0 Å². The molecule has 0 spiro atoms. The average Bonchev–Trinajstić information content (AvgIpc) is 2.94. The first kappa shape index (κ1) is 28.1. The molecule has 0 heterocycles. The summed E-state index contributed by atoms with van der Waals surface area (Å²) in [6, 6.07) is 26.5. The van der Waals surface area contributed by atoms with Crippen molar-refractivity contribution in [1.82, 2.24) is 10.6 Å². The molecule has 0 aromatic heterocycles. The van der Waals surface area contributed by atoms with Crippen molar-refractivity contribution in [2.45, 2.75) is 38.5 Å². The lowest BCUT2D eigenvalue weighted by molar-refractivity contribution is -0.136. The van der Waals surface area contributed by atoms with E-state index in [-0.39, 0.29) is 11.4 Å². The number of benzene rings is 3. The summed E-state index contributed by atoms with van der Waals surface area (Å²) < 4.78 is 0. The molecule has 0 aliphatic heterocycles. The molecule has 0 fully saturated rings. The van der Waals surface area contributed by atoms with Crippen molar-refractivity contribution in [2.75, 3.05) is 23.7 Å². The maximum Gasteiger partial charge on any atom is 0.313 e. The van der Waals surface area contributed by atoms with Gasteiger partial charge in [0.2, 0.25) is 0 Å². The molecule has 3 aromatic carbocycles. The molecule has 0 bridgehead atoms. The number of carbonyl (C=O) groups is 4. The van der Waals surface area contributed by atoms with Crippen LogP contribution in [0, 0.1) is 0 Å². The van der Waals surface area contributed by atoms with Gasteiger partial charge in [-0.15, -0.1) is 0 Å². The Morgan fingerprint density at radius 3 is 1.21 bits per heavy atom. The van der Waals surface area contributed by atoms with E-state index < -0.39 is 23.6 Å². The number of amides is 4. The van der Waals surface area contributed by atoms with Crippen molar-refractivity contribution >= 4 is 35.0 Å². The second-order valence-electron chi connectivity index (χ2n) is 8.85. The Kier molecular flexibility index (Phi) is 11.5. The van der Waals surface area contributed by atoms with Gasteiger partial charge in [0.15, 0.2) is 0 Å². The van der Waals surface area contributed by atoms with Crippen LogP contribution < -0.4 is 21.3 Å². The molecule has 0 saturated carbocycles. The third-order valence-corrected chi connectivity index (χ3v) is 5.88. The summed E-state index contributed by atoms with van der Waals surface area (Å²) in [6.07, 6.45) is 5.05. The van der Waals surface area contributed by atoms with Gasteiger partial charge >= 0.3 is 23.6 Å². The number of hydrogen-bond acceptors (Lipinski definition) is 4. The van der Waals surface area contributed by atoms with Crippen LogP contribution in [-0.4, -0.2) is 36.7 Å². The van der Waals surface area contributed by atoms with Crippen LogP contribution in [0.3, 0.4) is 0 Å². The number of hydrogen-bond donors (Lipinski definition) is 4. The summed E-state index contributed by atoms with van der Waals surface area (Å²) in [5.74, 6) is -3.23. The number of para-hydroxylation sites is 2. The second-order valence-corrected chi connectivity index (χ2v) is 8.85. The zero-order chi connectivity index (χ0) is 27.0. The minimum Gasteiger partial charge on any atom is -0.348 e. The molecule has 3 aromatic rings. The first-order chi connectivity index (χ1) is 18.5. The molecule has 0 saturated heterocycles. The Morgan fingerprint density at radius 2 is 0.816 bits per heavy atom. The summed E-state index contributed by atoms with van der Waals surface area (Å²) in [5, 5.41) is 10.2. The van der Waals surface area contributed by atoms with E-state index in [1.807, 2.05) is 36.4 Å². The summed E-state index contributed by atoms with van der Waals surface area (Å²) in [4.78, 5) is 49.1. The van der Waals surface area contributed by atoms with Crippen LogP contribution in [0.2, 0.25) is 0 Å². The third kappa shape index (κ3) is 9.89. The van der Waals surface area contributed by atoms with Gasteiger partial charge in [-0.25, -0.2) is 0 Å². The van der Waals surface area contributed by atoms with E-state index in [1.165, 1.54) is 11.1 Å². The molecule has 0 aliphatic carbocycles. The average molecular weight is 515 g/mol. The Labute approximate surface area is 223 Å². The highest BCUT2D eigenvalue weighted by molar-refractivity contribution is 6.41. The number of aryl methyl sites for hydroxylation is 2. The standard InChI is InChI=1S/C30H34N4O4/c35-27(31-21-11-9-17-23-13-3-1-4-14-23)29(37)33-25-19-7-8-20-26(25)34-30(38)28(36)32-22-12-10-18-24-15-5-2-6-16-24/h1-8,13-16,19-20H,9-12,17-18,21-22H2,(H,31,35)(H,32,36)(H,33,37)(H,34,38). The van der Waals surface area contributed by atoms with Crippen molar-refractivity contribution in [1.29, 1.82) is 0 Å². The van der Waals surface area contributed by atoms with Gasteiger partial charge in [0.25, 0.3) is 0 Å². The summed E-state index contributed by atoms with van der Waals surface area (Å²) in [6.45, 7) is 0.756. The fourth-order valence-corrected chi connectivity index (χ4v) is 3.82. The molecule has 198 valence electrons. The van der Waals surface area contributed by atoms with Crippen molar-refractivity contribution in [2.24, 2.45) is 0 Å². The van der Waals surface area contributed by atoms with E-state index in [1.54, 1.807) is 24.3 Å². The zero-order valence-electron chi connectivity index (χ0n) is 21.4. The van der Waals surface area contributed by atoms with Gasteiger partial charge in [-0.1, -0.05) is 72.8 Å². The number of unbranched alkanes of at least 4 members (excludes halogenated alkanes) is 2. The van der Waals surface area contributed by atoms with E-state index >= 15 is 0 Å². The molecule has 0 radical (unpaired) electrons. The van der Waals surface area contributed by atoms with Crippen molar-refractivity contribution in [3.8, 4) is 0 Å². The van der Waals surface area contributed by atoms with Gasteiger partial charge in [0, 0.05) is 13.1 Å². The normalized spacial score (nSPS) is 10.3. The maximum absolute atomic E-state index is 12.4. The smallest absolute Gasteiger partial charge is 0.313 e. The minimum absolute atomic E-state index is 0.223. The van der Waals surface area contributed by atoms with Gasteiger partial charge in [-0.05, 0) is 61.8 Å². The molecular formula is C30H34N4O4. The van der Waals surface area contributed by atoms with Crippen LogP contribution in [0.1, 0.15) is 36.8 Å². The highest BCUT2D eigenvalue weighted by Gasteiger charge is 2.18. The van der Waals surface area contributed by atoms with Gasteiger partial charge in [0.05, 0.1) is 11.4 Å². The van der Waals surface area contributed by atoms with Crippen LogP contribution in [0.25, 0.3) is 0 Å². The van der Waals surface area contributed by atoms with Crippen LogP contribution in [-0.2, 0) is 32.0 Å². The van der Waals surface area contributed by atoms with Gasteiger partial charge in [-0.2, -0.15) is 0 Å². The predicted octanol–water partition coefficient (Wildman–Crippen LogP) is 3.84. The number of nitrogens with one attached hydrogen (secondary N) is 4. The third-order valence-electron chi connectivity index (χ3n) is 5.88. The predicted molar refractivity (Wildman–Crippen MR) is 148 cm³/mol. The van der Waals surface area contributed by atoms with E-state index in [0.29, 0.717) is 13.1 Å². The largest absolute Gasteiger partial charge is 0.348 e. The second kappa shape index (κ2) is 15.6. The highest BCUT2D eigenvalue weighted by Crippen LogP contribution is 2.20. The lowest BCUT2D eigenvalue weighted by Crippen LogP contribution is -2.37. The molecule has 0 unspecified atom stereocenters. The van der Waals surface area contributed by atoms with E-state index in [9.17, 15) is 19.2 Å². The lowest BCUT2D eigenvalue weighted by Gasteiger charge is -2.12. The minimum atomic E-state index is -0.849. The van der Waals surface area contributed by atoms with Crippen molar-refractivity contribution in [3.05, 3.63) is 96.1 Å². The Morgan fingerprint density at radius 1 is 0.447 bits per heavy atom. The molecular weight excluding hydrogens is 480 g/mol.